The van der Waals surface area contributed by atoms with Crippen LogP contribution in [0, 0.1) is 0 Å². The van der Waals surface area contributed by atoms with Gasteiger partial charge in [-0.15, -0.1) is 0 Å². The van der Waals surface area contributed by atoms with Crippen LogP contribution in [0.5, 0.6) is 0 Å². The van der Waals surface area contributed by atoms with E-state index < -0.39 is 0 Å². The van der Waals surface area contributed by atoms with Gasteiger partial charge in [-0.1, -0.05) is 8.80 Å². The van der Waals surface area contributed by atoms with E-state index >= 15 is 0 Å². The molecule has 0 amide bonds. The van der Waals surface area contributed by atoms with Crippen LogP contribution in [0.1, 0.15) is 0 Å². The van der Waals surface area contributed by atoms with Crippen LogP contribution in [-0.4, -0.2) is 59.4 Å². The van der Waals surface area contributed by atoms with E-state index in [-0.39, 0.29) is 29.6 Å². The average Bonchev–Trinajstić information content (AvgIpc) is 0.918. The predicted molar refractivity (Wildman–Crippen MR) is 32.8 cm³/mol. The zero-order valence-corrected chi connectivity index (χ0v) is 6.12. The van der Waals surface area contributed by atoms with Crippen molar-refractivity contribution in [3.8, 4) is 0 Å². The Morgan fingerprint density at radius 1 is 1.75 bits per heavy atom. The van der Waals surface area contributed by atoms with E-state index in [0.29, 0.717) is 14.4 Å². The van der Waals surface area contributed by atoms with E-state index in [1.807, 2.05) is 0 Å². The first-order valence-corrected chi connectivity index (χ1v) is 8.49. The van der Waals surface area contributed by atoms with Gasteiger partial charge in [0.1, 0.15) is 0 Å². The Kier molecular flexibility index (Phi) is 20.5. The number of hydrogen-bond donors (Lipinski definition) is 0. The molecule has 0 aromatic carbocycles. The van der Waals surface area contributed by atoms with Crippen LogP contribution in [0.2, 0.25) is 0 Å². The number of rotatable bonds is 0. The summed E-state index contributed by atoms with van der Waals surface area (Å²) in [6.45, 7) is 2.33. The van der Waals surface area contributed by atoms with Gasteiger partial charge >= 0.3 is 29.6 Å². The first-order valence-electron chi connectivity index (χ1n) is 1.41. The van der Waals surface area contributed by atoms with Gasteiger partial charge in [-0.05, 0) is 0 Å². The molecule has 0 saturated carbocycles. The second-order valence-corrected chi connectivity index (χ2v) is 6.36. The molecule has 0 heterocycles. The van der Waals surface area contributed by atoms with Crippen LogP contribution >= 0.6 is 0 Å². The Hall–Kier alpha value is 1.81. The Bertz CT molecular complexity index is 8.00. The third-order valence-corrected chi connectivity index (χ3v) is 0. The van der Waals surface area contributed by atoms with E-state index in [2.05, 4.69) is 6.62 Å². The van der Waals surface area contributed by atoms with Crippen molar-refractivity contribution in [2.75, 3.05) is 0 Å². The molecule has 0 N–H and O–H groups in total. The fourth-order valence-corrected chi connectivity index (χ4v) is 0. The maximum atomic E-state index is 2.33. The van der Waals surface area contributed by atoms with Crippen molar-refractivity contribution in [2.24, 2.45) is 0 Å². The van der Waals surface area contributed by atoms with E-state index in [9.17, 15) is 0 Å². The summed E-state index contributed by atoms with van der Waals surface area (Å²) in [4.78, 5) is 0. The fraction of sp³-hybridized carbons (Fsp3) is 0. The van der Waals surface area contributed by atoms with E-state index in [4.69, 9.17) is 0 Å². The topological polar surface area (TPSA) is 0 Å². The van der Waals surface area contributed by atoms with E-state index in [0.717, 1.165) is 0 Å². The van der Waals surface area contributed by atoms with E-state index in [1.165, 1.54) is 8.80 Å². The molecular formula is H7AlBNaSi. The Balaban J connectivity index is 0. The molecule has 18 valence electrons. The first-order chi connectivity index (χ1) is 1.41. The quantitative estimate of drug-likeness (QED) is 0.276. The van der Waals surface area contributed by atoms with Gasteiger partial charge in [-0.25, -0.2) is 0 Å². The Morgan fingerprint density at radius 2 is 1.75 bits per heavy atom. The minimum atomic E-state index is 0. The molecule has 0 atom stereocenters. The molecule has 4 heavy (non-hydrogen) atoms. The monoisotopic (exact) mass is 96.0 g/mol. The summed E-state index contributed by atoms with van der Waals surface area (Å²) in [6.07, 6.45) is 0. The van der Waals surface area contributed by atoms with Crippen molar-refractivity contribution in [3.05, 3.63) is 0 Å². The van der Waals surface area contributed by atoms with Crippen LogP contribution in [0.25, 0.3) is 0 Å². The van der Waals surface area contributed by atoms with Gasteiger partial charge in [0.25, 0.3) is 0 Å². The molecule has 0 radical (unpaired) electrons. The molecule has 0 aliphatic carbocycles. The third-order valence-electron chi connectivity index (χ3n) is 0. The molecule has 0 bridgehead atoms. The van der Waals surface area contributed by atoms with Crippen molar-refractivity contribution in [2.45, 2.75) is 0 Å². The van der Waals surface area contributed by atoms with Crippen molar-refractivity contribution in [1.29, 1.82) is 0 Å². The summed E-state index contributed by atoms with van der Waals surface area (Å²) in [6, 6.07) is 0. The van der Waals surface area contributed by atoms with Gasteiger partial charge < -0.3 is 0 Å². The summed E-state index contributed by atoms with van der Waals surface area (Å²) < 4.78 is 0. The molecule has 0 nitrogen and oxygen atoms in total. The van der Waals surface area contributed by atoms with Crippen molar-refractivity contribution >= 4 is 59.4 Å². The molecule has 0 spiro atoms. The molecule has 0 aromatic rings. The SMILES string of the molecule is [BH2][AlH][SiH3].[NaH]. The number of hydrogen-bond acceptors (Lipinski definition) is 0. The summed E-state index contributed by atoms with van der Waals surface area (Å²) >= 11 is 0.556. The molecule has 0 fully saturated rings. The average molecular weight is 95.9 g/mol. The van der Waals surface area contributed by atoms with Gasteiger partial charge in [0.15, 0.2) is 14.4 Å². The molecular weight excluding hydrogens is 88.9 g/mol. The predicted octanol–water partition coefficient (Wildman–Crippen LogP) is -3.40. The molecule has 0 rings (SSSR count). The van der Waals surface area contributed by atoms with Crippen LogP contribution in [0.4, 0.5) is 0 Å². The molecule has 0 aliphatic rings. The Labute approximate surface area is 58.8 Å². The summed E-state index contributed by atoms with van der Waals surface area (Å²) in [7, 11) is 1.51. The van der Waals surface area contributed by atoms with Crippen LogP contribution < -0.4 is 0 Å². The Morgan fingerprint density at radius 3 is 1.75 bits per heavy atom. The van der Waals surface area contributed by atoms with Crippen LogP contribution in [-0.2, 0) is 0 Å². The maximum absolute atomic E-state index is 2.33. The van der Waals surface area contributed by atoms with Gasteiger partial charge in [-0.2, -0.15) is 0 Å². The fourth-order valence-electron chi connectivity index (χ4n) is 0. The molecule has 0 aromatic heterocycles. The van der Waals surface area contributed by atoms with Crippen LogP contribution in [0.15, 0.2) is 0 Å². The summed E-state index contributed by atoms with van der Waals surface area (Å²) in [5.74, 6) is 0. The first kappa shape index (κ1) is 9.26. The standard InChI is InChI=1S/Al.BH2.Na.H3Si.2H/h;1H2;;1H3;;/q-1;+1;;;;. The van der Waals surface area contributed by atoms with Crippen molar-refractivity contribution in [1.82, 2.24) is 0 Å². The van der Waals surface area contributed by atoms with Crippen molar-refractivity contribution in [3.63, 3.8) is 0 Å². The zero-order valence-electron chi connectivity index (χ0n) is 2.71. The molecule has 4 heteroatoms. The van der Waals surface area contributed by atoms with E-state index in [1.54, 1.807) is 0 Å². The molecule has 0 unspecified atom stereocenters. The van der Waals surface area contributed by atoms with Gasteiger partial charge in [0.05, 0.1) is 0 Å². The second kappa shape index (κ2) is 8.84. The zero-order chi connectivity index (χ0) is 2.71. The summed E-state index contributed by atoms with van der Waals surface area (Å²) in [5, 5.41) is 0. The minimum absolute atomic E-state index is 0. The van der Waals surface area contributed by atoms with Crippen molar-refractivity contribution < 1.29 is 0 Å². The third kappa shape index (κ3) is 9.18. The molecule has 0 saturated heterocycles. The van der Waals surface area contributed by atoms with Crippen LogP contribution in [0.3, 0.4) is 0 Å². The molecule has 0 aliphatic heterocycles. The normalized spacial score (nSPS) is 4.00. The van der Waals surface area contributed by atoms with Gasteiger partial charge in [-0.3, -0.25) is 0 Å². The van der Waals surface area contributed by atoms with Gasteiger partial charge in [0, 0.05) is 6.62 Å². The summed E-state index contributed by atoms with van der Waals surface area (Å²) in [5.41, 5.74) is 0. The van der Waals surface area contributed by atoms with Gasteiger partial charge in [0.2, 0.25) is 0 Å². The second-order valence-electron chi connectivity index (χ2n) is 0.707.